The molecule has 4 nitrogen and oxygen atoms in total. The van der Waals surface area contributed by atoms with E-state index in [-0.39, 0.29) is 28.5 Å². The Labute approximate surface area is 128 Å². The summed E-state index contributed by atoms with van der Waals surface area (Å²) >= 11 is 3.07. The van der Waals surface area contributed by atoms with Crippen molar-refractivity contribution < 1.29 is 18.4 Å². The third-order valence-corrected chi connectivity index (χ3v) is 4.52. The number of halogens is 3. The van der Waals surface area contributed by atoms with Crippen LogP contribution in [-0.2, 0) is 9.59 Å². The Kier molecular flexibility index (Phi) is 3.69. The van der Waals surface area contributed by atoms with Crippen LogP contribution in [0.15, 0.2) is 16.6 Å². The van der Waals surface area contributed by atoms with Crippen LogP contribution < -0.4 is 4.90 Å². The predicted octanol–water partition coefficient (Wildman–Crippen LogP) is 2.46. The first kappa shape index (κ1) is 14.4. The van der Waals surface area contributed by atoms with E-state index < -0.39 is 17.7 Å². The summed E-state index contributed by atoms with van der Waals surface area (Å²) in [5, 5.41) is 0. The minimum Gasteiger partial charge on any atom is -0.329 e. The fraction of sp³-hybridized carbons (Fsp3) is 0.429. The molecule has 2 heterocycles. The highest BCUT2D eigenvalue weighted by molar-refractivity contribution is 9.10. The smallest absolute Gasteiger partial charge is 0.250 e. The van der Waals surface area contributed by atoms with E-state index in [1.807, 2.05) is 0 Å². The van der Waals surface area contributed by atoms with Crippen LogP contribution in [0.5, 0.6) is 0 Å². The molecule has 2 fully saturated rings. The van der Waals surface area contributed by atoms with Gasteiger partial charge in [-0.3, -0.25) is 14.5 Å². The number of nitrogens with zero attached hydrogens (tertiary/aromatic N) is 2. The first-order valence-corrected chi connectivity index (χ1v) is 7.53. The van der Waals surface area contributed by atoms with Crippen LogP contribution in [-0.4, -0.2) is 35.8 Å². The summed E-state index contributed by atoms with van der Waals surface area (Å²) in [7, 11) is 0. The fourth-order valence-corrected chi connectivity index (χ4v) is 3.57. The number of fused-ring (bicyclic) bond motifs is 1. The Balaban J connectivity index is 2.00. The largest absolute Gasteiger partial charge is 0.329 e. The second-order valence-corrected chi connectivity index (χ2v) is 6.10. The van der Waals surface area contributed by atoms with E-state index in [2.05, 4.69) is 15.9 Å². The van der Waals surface area contributed by atoms with Gasteiger partial charge in [0.05, 0.1) is 5.69 Å². The molecule has 2 aliphatic rings. The Morgan fingerprint density at radius 2 is 1.95 bits per heavy atom. The molecule has 0 N–H and O–H groups in total. The lowest BCUT2D eigenvalue weighted by Crippen LogP contribution is -2.61. The van der Waals surface area contributed by atoms with Crippen molar-refractivity contribution >= 4 is 33.4 Å². The lowest BCUT2D eigenvalue weighted by molar-refractivity contribution is -0.144. The van der Waals surface area contributed by atoms with Crippen molar-refractivity contribution in [1.29, 1.82) is 0 Å². The number of piperazine rings is 1. The molecule has 112 valence electrons. The molecule has 3 rings (SSSR count). The van der Waals surface area contributed by atoms with Crippen molar-refractivity contribution in [2.45, 2.75) is 25.3 Å². The highest BCUT2D eigenvalue weighted by Crippen LogP contribution is 2.34. The number of carbonyl (C=O) groups is 2. The van der Waals surface area contributed by atoms with Gasteiger partial charge >= 0.3 is 0 Å². The van der Waals surface area contributed by atoms with E-state index in [4.69, 9.17) is 0 Å². The number of carbonyl (C=O) groups excluding carboxylic acids is 2. The molecule has 2 aliphatic heterocycles. The van der Waals surface area contributed by atoms with Gasteiger partial charge in [-0.1, -0.05) is 0 Å². The monoisotopic (exact) mass is 358 g/mol. The third-order valence-electron chi connectivity index (χ3n) is 3.92. The Hall–Kier alpha value is -1.50. The lowest BCUT2D eigenvalue weighted by Gasteiger charge is -2.42. The summed E-state index contributed by atoms with van der Waals surface area (Å²) in [4.78, 5) is 27.4. The molecule has 2 saturated heterocycles. The van der Waals surface area contributed by atoms with E-state index in [0.29, 0.717) is 19.0 Å². The second-order valence-electron chi connectivity index (χ2n) is 5.24. The molecular weight excluding hydrogens is 346 g/mol. The first-order valence-electron chi connectivity index (χ1n) is 6.74. The highest BCUT2D eigenvalue weighted by atomic mass is 79.9. The summed E-state index contributed by atoms with van der Waals surface area (Å²) < 4.78 is 27.3. The quantitative estimate of drug-likeness (QED) is 0.773. The maximum Gasteiger partial charge on any atom is 0.250 e. The highest BCUT2D eigenvalue weighted by Gasteiger charge is 2.42. The number of rotatable bonds is 1. The zero-order chi connectivity index (χ0) is 15.1. The van der Waals surface area contributed by atoms with Crippen LogP contribution >= 0.6 is 15.9 Å². The summed E-state index contributed by atoms with van der Waals surface area (Å²) in [5.74, 6) is -2.10. The SMILES string of the molecule is O=C1C2CCCCN2C(=O)CN1c1c(F)cc(F)cc1Br. The Morgan fingerprint density at radius 1 is 1.19 bits per heavy atom. The second kappa shape index (κ2) is 5.36. The summed E-state index contributed by atoms with van der Waals surface area (Å²) in [5.41, 5.74) is -0.0695. The average Bonchev–Trinajstić information content (AvgIpc) is 2.43. The van der Waals surface area contributed by atoms with Gasteiger partial charge in [0.2, 0.25) is 11.8 Å². The minimum atomic E-state index is -0.854. The van der Waals surface area contributed by atoms with Crippen LogP contribution in [0.2, 0.25) is 0 Å². The van der Waals surface area contributed by atoms with Crippen molar-refractivity contribution in [3.63, 3.8) is 0 Å². The van der Waals surface area contributed by atoms with Crippen molar-refractivity contribution in [3.8, 4) is 0 Å². The number of piperidine rings is 1. The third kappa shape index (κ3) is 2.43. The van der Waals surface area contributed by atoms with Crippen molar-refractivity contribution in [3.05, 3.63) is 28.2 Å². The van der Waals surface area contributed by atoms with E-state index in [0.717, 1.165) is 23.8 Å². The van der Waals surface area contributed by atoms with Crippen molar-refractivity contribution in [2.24, 2.45) is 0 Å². The van der Waals surface area contributed by atoms with Gasteiger partial charge < -0.3 is 4.90 Å². The van der Waals surface area contributed by atoms with E-state index in [9.17, 15) is 18.4 Å². The Morgan fingerprint density at radius 3 is 2.67 bits per heavy atom. The van der Waals surface area contributed by atoms with E-state index in [1.165, 1.54) is 0 Å². The number of hydrogen-bond donors (Lipinski definition) is 0. The number of benzene rings is 1. The zero-order valence-corrected chi connectivity index (χ0v) is 12.7. The van der Waals surface area contributed by atoms with Gasteiger partial charge in [-0.05, 0) is 41.3 Å². The molecular formula is C14H13BrF2N2O2. The molecule has 21 heavy (non-hydrogen) atoms. The molecule has 0 aliphatic carbocycles. The summed E-state index contributed by atoms with van der Waals surface area (Å²) in [6, 6.07) is 1.27. The standard InChI is InChI=1S/C14H13BrF2N2O2/c15-9-5-8(16)6-10(17)13(9)19-7-12(20)18-4-2-1-3-11(18)14(19)21/h5-6,11H,1-4,7H2. The molecule has 1 aromatic rings. The topological polar surface area (TPSA) is 40.6 Å². The minimum absolute atomic E-state index is 0.0695. The molecule has 2 amide bonds. The van der Waals surface area contributed by atoms with Crippen molar-refractivity contribution in [1.82, 2.24) is 4.90 Å². The average molecular weight is 359 g/mol. The predicted molar refractivity (Wildman–Crippen MR) is 75.8 cm³/mol. The molecule has 0 saturated carbocycles. The van der Waals surface area contributed by atoms with Gasteiger partial charge in [-0.25, -0.2) is 8.78 Å². The molecule has 0 aromatic heterocycles. The van der Waals surface area contributed by atoms with Gasteiger partial charge in [0.1, 0.15) is 18.4 Å². The van der Waals surface area contributed by atoms with Crippen LogP contribution in [0.3, 0.4) is 0 Å². The number of amides is 2. The van der Waals surface area contributed by atoms with Crippen LogP contribution in [0.1, 0.15) is 19.3 Å². The van der Waals surface area contributed by atoms with Crippen molar-refractivity contribution in [2.75, 3.05) is 18.0 Å². The van der Waals surface area contributed by atoms with Crippen LogP contribution in [0.25, 0.3) is 0 Å². The normalized spacial score (nSPS) is 22.5. The molecule has 1 unspecified atom stereocenters. The van der Waals surface area contributed by atoms with Gasteiger partial charge in [-0.2, -0.15) is 0 Å². The van der Waals surface area contributed by atoms with Gasteiger partial charge in [0, 0.05) is 17.1 Å². The van der Waals surface area contributed by atoms with Crippen LogP contribution in [0, 0.1) is 11.6 Å². The summed E-state index contributed by atoms with van der Waals surface area (Å²) in [6.45, 7) is 0.354. The molecule has 7 heteroatoms. The molecule has 0 radical (unpaired) electrons. The molecule has 1 atom stereocenters. The maximum absolute atomic E-state index is 14.0. The van der Waals surface area contributed by atoms with Gasteiger partial charge in [0.15, 0.2) is 5.82 Å². The van der Waals surface area contributed by atoms with E-state index >= 15 is 0 Å². The Bertz CT molecular complexity index is 600. The first-order chi connectivity index (χ1) is 9.99. The molecule has 0 bridgehead atoms. The number of hydrogen-bond acceptors (Lipinski definition) is 2. The zero-order valence-electron chi connectivity index (χ0n) is 11.1. The van der Waals surface area contributed by atoms with Gasteiger partial charge in [-0.15, -0.1) is 0 Å². The lowest BCUT2D eigenvalue weighted by atomic mass is 9.98. The molecule has 0 spiro atoms. The van der Waals surface area contributed by atoms with Crippen LogP contribution in [0.4, 0.5) is 14.5 Å². The fourth-order valence-electron chi connectivity index (χ4n) is 2.95. The molecule has 1 aromatic carbocycles. The van der Waals surface area contributed by atoms with E-state index in [1.54, 1.807) is 4.90 Å². The number of anilines is 1. The maximum atomic E-state index is 14.0. The summed E-state index contributed by atoms with van der Waals surface area (Å²) in [6.07, 6.45) is 2.33. The van der Waals surface area contributed by atoms with Gasteiger partial charge in [0.25, 0.3) is 0 Å².